The SMILES string of the molecule is CC(CCl)(Nc1ncccc1Cl)c1ccccc1. The van der Waals surface area contributed by atoms with Gasteiger partial charge in [0.25, 0.3) is 0 Å². The predicted octanol–water partition coefficient (Wildman–Crippen LogP) is 4.30. The van der Waals surface area contributed by atoms with Crippen LogP contribution in [0.4, 0.5) is 5.82 Å². The summed E-state index contributed by atoms with van der Waals surface area (Å²) in [6.07, 6.45) is 1.70. The highest BCUT2D eigenvalue weighted by molar-refractivity contribution is 6.32. The van der Waals surface area contributed by atoms with Crippen molar-refractivity contribution in [2.45, 2.75) is 12.5 Å². The van der Waals surface area contributed by atoms with Crippen molar-refractivity contribution in [3.63, 3.8) is 0 Å². The first-order chi connectivity index (χ1) is 8.65. The summed E-state index contributed by atoms with van der Waals surface area (Å²) in [6, 6.07) is 13.6. The van der Waals surface area contributed by atoms with Crippen LogP contribution in [0.5, 0.6) is 0 Å². The van der Waals surface area contributed by atoms with Crippen LogP contribution in [-0.4, -0.2) is 10.9 Å². The number of nitrogens with one attached hydrogen (secondary N) is 1. The topological polar surface area (TPSA) is 24.9 Å². The molecule has 0 amide bonds. The zero-order valence-electron chi connectivity index (χ0n) is 10.0. The van der Waals surface area contributed by atoms with Crippen molar-refractivity contribution in [1.29, 1.82) is 0 Å². The van der Waals surface area contributed by atoms with E-state index in [1.165, 1.54) is 0 Å². The Kier molecular flexibility index (Phi) is 4.10. The summed E-state index contributed by atoms with van der Waals surface area (Å²) in [4.78, 5) is 4.24. The fourth-order valence-corrected chi connectivity index (χ4v) is 2.12. The van der Waals surface area contributed by atoms with Crippen LogP contribution in [0.3, 0.4) is 0 Å². The summed E-state index contributed by atoms with van der Waals surface area (Å²) in [5, 5.41) is 3.90. The minimum Gasteiger partial charge on any atom is -0.358 e. The van der Waals surface area contributed by atoms with Crippen LogP contribution < -0.4 is 5.32 Å². The lowest BCUT2D eigenvalue weighted by molar-refractivity contribution is 0.614. The number of pyridine rings is 1. The number of anilines is 1. The third kappa shape index (κ3) is 2.77. The maximum Gasteiger partial charge on any atom is 0.145 e. The molecule has 2 nitrogen and oxygen atoms in total. The molecule has 0 fully saturated rings. The third-order valence-corrected chi connectivity index (χ3v) is 3.67. The third-order valence-electron chi connectivity index (χ3n) is 2.83. The largest absolute Gasteiger partial charge is 0.358 e. The molecular formula is C14H14Cl2N2. The second-order valence-electron chi connectivity index (χ2n) is 4.29. The molecule has 4 heteroatoms. The van der Waals surface area contributed by atoms with Gasteiger partial charge in [0, 0.05) is 12.1 Å². The lowest BCUT2D eigenvalue weighted by Gasteiger charge is -2.30. The Labute approximate surface area is 117 Å². The maximum atomic E-state index is 6.11. The van der Waals surface area contributed by atoms with Crippen molar-refractivity contribution < 1.29 is 0 Å². The molecule has 1 unspecified atom stereocenters. The molecule has 1 N–H and O–H groups in total. The molecule has 0 spiro atoms. The van der Waals surface area contributed by atoms with Crippen molar-refractivity contribution in [2.75, 3.05) is 11.2 Å². The summed E-state index contributed by atoms with van der Waals surface area (Å²) < 4.78 is 0. The molecule has 94 valence electrons. The van der Waals surface area contributed by atoms with Crippen molar-refractivity contribution >= 4 is 29.0 Å². The van der Waals surface area contributed by atoms with Gasteiger partial charge in [0.2, 0.25) is 0 Å². The first kappa shape index (κ1) is 13.2. The number of benzene rings is 1. The fourth-order valence-electron chi connectivity index (χ4n) is 1.73. The number of hydrogen-bond acceptors (Lipinski definition) is 2. The minimum atomic E-state index is -0.402. The Hall–Kier alpha value is -1.25. The molecule has 0 bridgehead atoms. The molecule has 18 heavy (non-hydrogen) atoms. The van der Waals surface area contributed by atoms with Gasteiger partial charge >= 0.3 is 0 Å². The van der Waals surface area contributed by atoms with Gasteiger partial charge in [-0.2, -0.15) is 0 Å². The van der Waals surface area contributed by atoms with Gasteiger partial charge in [-0.15, -0.1) is 11.6 Å². The summed E-state index contributed by atoms with van der Waals surface area (Å²) in [6.45, 7) is 2.03. The highest BCUT2D eigenvalue weighted by Gasteiger charge is 2.26. The molecule has 0 aliphatic rings. The fraction of sp³-hybridized carbons (Fsp3) is 0.214. The summed E-state index contributed by atoms with van der Waals surface area (Å²) in [5.74, 6) is 1.07. The summed E-state index contributed by atoms with van der Waals surface area (Å²) >= 11 is 12.2. The Morgan fingerprint density at radius 2 is 1.89 bits per heavy atom. The van der Waals surface area contributed by atoms with Crippen molar-refractivity contribution in [2.24, 2.45) is 0 Å². The number of rotatable bonds is 4. The molecule has 0 aliphatic carbocycles. The Morgan fingerprint density at radius 3 is 2.50 bits per heavy atom. The monoisotopic (exact) mass is 280 g/mol. The highest BCUT2D eigenvalue weighted by Crippen LogP contribution is 2.29. The van der Waals surface area contributed by atoms with Gasteiger partial charge in [0.15, 0.2) is 0 Å². The van der Waals surface area contributed by atoms with Gasteiger partial charge in [-0.25, -0.2) is 4.98 Å². The molecule has 1 aromatic carbocycles. The highest BCUT2D eigenvalue weighted by atomic mass is 35.5. The van der Waals surface area contributed by atoms with Crippen molar-refractivity contribution in [3.8, 4) is 0 Å². The van der Waals surface area contributed by atoms with E-state index in [-0.39, 0.29) is 0 Å². The van der Waals surface area contributed by atoms with Crippen LogP contribution in [0.25, 0.3) is 0 Å². The molecule has 2 aromatic rings. The number of halogens is 2. The Bertz CT molecular complexity index is 516. The van der Waals surface area contributed by atoms with Crippen LogP contribution in [0.2, 0.25) is 5.02 Å². The molecule has 0 radical (unpaired) electrons. The van der Waals surface area contributed by atoms with E-state index in [0.29, 0.717) is 16.7 Å². The van der Waals surface area contributed by atoms with Gasteiger partial charge in [0.05, 0.1) is 10.6 Å². The predicted molar refractivity (Wildman–Crippen MR) is 77.4 cm³/mol. The van der Waals surface area contributed by atoms with E-state index in [1.807, 2.05) is 37.3 Å². The van der Waals surface area contributed by atoms with E-state index >= 15 is 0 Å². The normalized spacial score (nSPS) is 13.9. The Morgan fingerprint density at radius 1 is 1.17 bits per heavy atom. The van der Waals surface area contributed by atoms with E-state index in [9.17, 15) is 0 Å². The van der Waals surface area contributed by atoms with Crippen LogP contribution in [0.15, 0.2) is 48.7 Å². The zero-order valence-corrected chi connectivity index (χ0v) is 11.5. The van der Waals surface area contributed by atoms with Gasteiger partial charge in [0.1, 0.15) is 5.82 Å². The first-order valence-electron chi connectivity index (χ1n) is 5.66. The average molecular weight is 281 g/mol. The Balaban J connectivity index is 2.32. The van der Waals surface area contributed by atoms with Gasteiger partial charge in [-0.05, 0) is 24.6 Å². The molecular weight excluding hydrogens is 267 g/mol. The maximum absolute atomic E-state index is 6.11. The van der Waals surface area contributed by atoms with Crippen molar-refractivity contribution in [1.82, 2.24) is 4.98 Å². The molecule has 2 rings (SSSR count). The van der Waals surface area contributed by atoms with Crippen LogP contribution in [-0.2, 0) is 5.54 Å². The number of hydrogen-bond donors (Lipinski definition) is 1. The zero-order chi connectivity index (χ0) is 13.0. The van der Waals surface area contributed by atoms with Gasteiger partial charge in [-0.3, -0.25) is 0 Å². The van der Waals surface area contributed by atoms with Gasteiger partial charge in [-0.1, -0.05) is 41.9 Å². The van der Waals surface area contributed by atoms with E-state index in [4.69, 9.17) is 23.2 Å². The molecule has 0 aliphatic heterocycles. The lowest BCUT2D eigenvalue weighted by Crippen LogP contribution is -2.34. The molecule has 0 saturated carbocycles. The van der Waals surface area contributed by atoms with E-state index in [1.54, 1.807) is 18.3 Å². The van der Waals surface area contributed by atoms with E-state index in [2.05, 4.69) is 10.3 Å². The second kappa shape index (κ2) is 5.59. The number of aromatic nitrogens is 1. The quantitative estimate of drug-likeness (QED) is 0.845. The lowest BCUT2D eigenvalue weighted by atomic mass is 9.94. The molecule has 1 atom stereocenters. The first-order valence-corrected chi connectivity index (χ1v) is 6.57. The average Bonchev–Trinajstić information content (AvgIpc) is 2.42. The van der Waals surface area contributed by atoms with Gasteiger partial charge < -0.3 is 5.32 Å². The summed E-state index contributed by atoms with van der Waals surface area (Å²) in [7, 11) is 0. The minimum absolute atomic E-state index is 0.402. The molecule has 0 saturated heterocycles. The van der Waals surface area contributed by atoms with Crippen LogP contribution in [0.1, 0.15) is 12.5 Å². The summed E-state index contributed by atoms with van der Waals surface area (Å²) in [5.41, 5.74) is 0.697. The van der Waals surface area contributed by atoms with Crippen LogP contribution >= 0.6 is 23.2 Å². The van der Waals surface area contributed by atoms with Crippen LogP contribution in [0, 0.1) is 0 Å². The molecule has 1 heterocycles. The standard InChI is InChI=1S/C14H14Cl2N2/c1-14(10-15,11-6-3-2-4-7-11)18-13-12(16)8-5-9-17-13/h2-9H,10H2,1H3,(H,17,18). The molecule has 1 aromatic heterocycles. The van der Waals surface area contributed by atoms with E-state index < -0.39 is 5.54 Å². The van der Waals surface area contributed by atoms with E-state index in [0.717, 1.165) is 5.56 Å². The number of nitrogens with zero attached hydrogens (tertiary/aromatic N) is 1. The van der Waals surface area contributed by atoms with Crippen molar-refractivity contribution in [3.05, 3.63) is 59.2 Å². The number of alkyl halides is 1. The second-order valence-corrected chi connectivity index (χ2v) is 4.97. The smallest absolute Gasteiger partial charge is 0.145 e.